The maximum atomic E-state index is 11.4. The van der Waals surface area contributed by atoms with Gasteiger partial charge in [-0.05, 0) is 6.42 Å². The molecule has 0 heterocycles. The fourth-order valence-electron chi connectivity index (χ4n) is 1.42. The Morgan fingerprint density at radius 1 is 0.632 bits per heavy atom. The largest absolute Gasteiger partial charge is 0.469 e. The molecule has 0 rings (SSSR count). The molecular weight excluding hydrogens is 252 g/mol. The molecule has 0 saturated heterocycles. The zero-order valence-electron chi connectivity index (χ0n) is 11.4. The van der Waals surface area contributed by atoms with Crippen molar-refractivity contribution < 1.29 is 28.7 Å². The standard InChI is InChI=1S/C13H20O6/c1-18-12(16)8-6-10(14)4-3-5-11(15)7-9-13(17)19-2/h3-9H2,1-2H3. The molecule has 0 atom stereocenters. The molecule has 0 saturated carbocycles. The lowest BCUT2D eigenvalue weighted by Gasteiger charge is -2.01. The summed E-state index contributed by atoms with van der Waals surface area (Å²) in [6.07, 6.45) is 1.41. The lowest BCUT2D eigenvalue weighted by Crippen LogP contribution is -2.08. The van der Waals surface area contributed by atoms with Gasteiger partial charge in [0.05, 0.1) is 27.1 Å². The Bertz CT molecular complexity index is 302. The van der Waals surface area contributed by atoms with Crippen LogP contribution in [0.15, 0.2) is 0 Å². The molecule has 0 aliphatic heterocycles. The fourth-order valence-corrected chi connectivity index (χ4v) is 1.42. The summed E-state index contributed by atoms with van der Waals surface area (Å²) in [5, 5.41) is 0. The van der Waals surface area contributed by atoms with Crippen LogP contribution >= 0.6 is 0 Å². The molecule has 0 bridgehead atoms. The number of ketones is 2. The average Bonchev–Trinajstić information content (AvgIpc) is 2.41. The van der Waals surface area contributed by atoms with Crippen LogP contribution in [0.25, 0.3) is 0 Å². The van der Waals surface area contributed by atoms with Gasteiger partial charge in [0, 0.05) is 25.7 Å². The number of rotatable bonds is 10. The molecule has 19 heavy (non-hydrogen) atoms. The maximum absolute atomic E-state index is 11.4. The van der Waals surface area contributed by atoms with Crippen LogP contribution in [-0.4, -0.2) is 37.7 Å². The summed E-state index contributed by atoms with van der Waals surface area (Å²) < 4.78 is 8.84. The van der Waals surface area contributed by atoms with Gasteiger partial charge in [0.15, 0.2) is 0 Å². The zero-order valence-corrected chi connectivity index (χ0v) is 11.4. The van der Waals surface area contributed by atoms with Gasteiger partial charge in [-0.3, -0.25) is 19.2 Å². The van der Waals surface area contributed by atoms with Crippen LogP contribution in [0.1, 0.15) is 44.9 Å². The molecule has 0 aromatic rings. The molecular formula is C13H20O6. The Hall–Kier alpha value is -1.72. The van der Waals surface area contributed by atoms with Gasteiger partial charge in [0.1, 0.15) is 11.6 Å². The quantitative estimate of drug-likeness (QED) is 0.555. The summed E-state index contributed by atoms with van der Waals surface area (Å²) >= 11 is 0. The molecule has 0 N–H and O–H groups in total. The normalized spacial score (nSPS) is 9.79. The van der Waals surface area contributed by atoms with Gasteiger partial charge in [-0.2, -0.15) is 0 Å². The van der Waals surface area contributed by atoms with Crippen molar-refractivity contribution in [3.8, 4) is 0 Å². The first-order valence-electron chi connectivity index (χ1n) is 6.16. The third-order valence-corrected chi connectivity index (χ3v) is 2.58. The number of hydrogen-bond acceptors (Lipinski definition) is 6. The van der Waals surface area contributed by atoms with E-state index in [-0.39, 0.29) is 50.1 Å². The number of methoxy groups -OCH3 is 2. The highest BCUT2D eigenvalue weighted by atomic mass is 16.5. The first-order valence-corrected chi connectivity index (χ1v) is 6.16. The van der Waals surface area contributed by atoms with Gasteiger partial charge >= 0.3 is 11.9 Å². The minimum atomic E-state index is -0.414. The number of ether oxygens (including phenoxy) is 2. The molecule has 0 radical (unpaired) electrons. The highest BCUT2D eigenvalue weighted by Crippen LogP contribution is 2.06. The number of carbonyl (C=O) groups excluding carboxylic acids is 4. The molecule has 0 unspecified atom stereocenters. The first-order chi connectivity index (χ1) is 8.99. The van der Waals surface area contributed by atoms with Crippen LogP contribution in [0.5, 0.6) is 0 Å². The van der Waals surface area contributed by atoms with Crippen LogP contribution in [0, 0.1) is 0 Å². The summed E-state index contributed by atoms with van der Waals surface area (Å²) in [6.45, 7) is 0. The number of carbonyl (C=O) groups is 4. The van der Waals surface area contributed by atoms with Crippen molar-refractivity contribution in [1.82, 2.24) is 0 Å². The SMILES string of the molecule is COC(=O)CCC(=O)CCCC(=O)CCC(=O)OC. The van der Waals surface area contributed by atoms with Crippen molar-refractivity contribution in [3.05, 3.63) is 0 Å². The number of esters is 2. The Labute approximate surface area is 112 Å². The average molecular weight is 272 g/mol. The van der Waals surface area contributed by atoms with Crippen LogP contribution in [0.3, 0.4) is 0 Å². The molecule has 0 fully saturated rings. The van der Waals surface area contributed by atoms with Crippen molar-refractivity contribution >= 4 is 23.5 Å². The smallest absolute Gasteiger partial charge is 0.305 e. The van der Waals surface area contributed by atoms with Crippen molar-refractivity contribution in [2.45, 2.75) is 44.9 Å². The lowest BCUT2D eigenvalue weighted by atomic mass is 10.1. The van der Waals surface area contributed by atoms with E-state index in [2.05, 4.69) is 9.47 Å². The molecule has 108 valence electrons. The minimum Gasteiger partial charge on any atom is -0.469 e. The van der Waals surface area contributed by atoms with Crippen LogP contribution in [-0.2, 0) is 28.7 Å². The van der Waals surface area contributed by atoms with E-state index < -0.39 is 11.9 Å². The third kappa shape index (κ3) is 9.93. The summed E-state index contributed by atoms with van der Waals surface area (Å²) in [7, 11) is 2.54. The van der Waals surface area contributed by atoms with Crippen molar-refractivity contribution in [3.63, 3.8) is 0 Å². The highest BCUT2D eigenvalue weighted by molar-refractivity contribution is 5.85. The fraction of sp³-hybridized carbons (Fsp3) is 0.692. The van der Waals surface area contributed by atoms with Gasteiger partial charge in [0.2, 0.25) is 0 Å². The van der Waals surface area contributed by atoms with E-state index in [0.29, 0.717) is 6.42 Å². The monoisotopic (exact) mass is 272 g/mol. The van der Waals surface area contributed by atoms with E-state index in [1.807, 2.05) is 0 Å². The highest BCUT2D eigenvalue weighted by Gasteiger charge is 2.10. The predicted octanol–water partition coefficient (Wildman–Crippen LogP) is 1.20. The van der Waals surface area contributed by atoms with Crippen LogP contribution < -0.4 is 0 Å². The van der Waals surface area contributed by atoms with Gasteiger partial charge in [0.25, 0.3) is 0 Å². The molecule has 6 heteroatoms. The molecule has 0 aromatic heterocycles. The van der Waals surface area contributed by atoms with E-state index in [4.69, 9.17) is 0 Å². The number of hydrogen-bond donors (Lipinski definition) is 0. The van der Waals surface area contributed by atoms with Gasteiger partial charge in [-0.15, -0.1) is 0 Å². The Morgan fingerprint density at radius 3 is 1.32 bits per heavy atom. The van der Waals surface area contributed by atoms with Gasteiger partial charge in [-0.25, -0.2) is 0 Å². The second-order valence-electron chi connectivity index (χ2n) is 4.08. The number of Topliss-reactive ketones (excluding diaryl/α,β-unsaturated/α-hetero) is 2. The van der Waals surface area contributed by atoms with E-state index in [1.165, 1.54) is 14.2 Å². The molecule has 6 nitrogen and oxygen atoms in total. The molecule has 0 amide bonds. The van der Waals surface area contributed by atoms with E-state index >= 15 is 0 Å². The van der Waals surface area contributed by atoms with Crippen LogP contribution in [0.4, 0.5) is 0 Å². The molecule has 0 aliphatic rings. The first kappa shape index (κ1) is 17.3. The van der Waals surface area contributed by atoms with E-state index in [1.54, 1.807) is 0 Å². The van der Waals surface area contributed by atoms with E-state index in [0.717, 1.165) is 0 Å². The van der Waals surface area contributed by atoms with Gasteiger partial charge < -0.3 is 9.47 Å². The maximum Gasteiger partial charge on any atom is 0.305 e. The molecule has 0 spiro atoms. The minimum absolute atomic E-state index is 0.0637. The van der Waals surface area contributed by atoms with Crippen LogP contribution in [0.2, 0.25) is 0 Å². The van der Waals surface area contributed by atoms with Gasteiger partial charge in [-0.1, -0.05) is 0 Å². The van der Waals surface area contributed by atoms with E-state index in [9.17, 15) is 19.2 Å². The Kier molecular flexibility index (Phi) is 9.30. The zero-order chi connectivity index (χ0) is 14.7. The summed E-state index contributed by atoms with van der Waals surface area (Å²) in [6, 6.07) is 0. The third-order valence-electron chi connectivity index (χ3n) is 2.58. The topological polar surface area (TPSA) is 86.7 Å². The Balaban J connectivity index is 3.61. The molecule has 0 aliphatic carbocycles. The predicted molar refractivity (Wildman–Crippen MR) is 66.4 cm³/mol. The summed E-state index contributed by atoms with van der Waals surface area (Å²) in [4.78, 5) is 44.3. The Morgan fingerprint density at radius 2 is 1.00 bits per heavy atom. The van der Waals surface area contributed by atoms with Crippen molar-refractivity contribution in [2.24, 2.45) is 0 Å². The van der Waals surface area contributed by atoms with Crippen molar-refractivity contribution in [2.75, 3.05) is 14.2 Å². The second-order valence-corrected chi connectivity index (χ2v) is 4.08. The lowest BCUT2D eigenvalue weighted by molar-refractivity contribution is -0.142. The summed E-state index contributed by atoms with van der Waals surface area (Å²) in [5.74, 6) is -0.956. The summed E-state index contributed by atoms with van der Waals surface area (Å²) in [5.41, 5.74) is 0. The molecule has 0 aromatic carbocycles. The second kappa shape index (κ2) is 10.2. The van der Waals surface area contributed by atoms with Crippen molar-refractivity contribution in [1.29, 1.82) is 0 Å².